The lowest BCUT2D eigenvalue weighted by atomic mass is 10.1. The Hall–Kier alpha value is -1.07. The van der Waals surface area contributed by atoms with E-state index in [1.165, 1.54) is 5.56 Å². The molecule has 0 fully saturated rings. The minimum Gasteiger partial charge on any atom is -0.444 e. The van der Waals surface area contributed by atoms with Gasteiger partial charge in [-0.1, -0.05) is 28.1 Å². The van der Waals surface area contributed by atoms with Crippen molar-refractivity contribution in [2.75, 3.05) is 6.54 Å². The first-order chi connectivity index (χ1) is 10.7. The Balaban J connectivity index is 2.22. The normalized spacial score (nSPS) is 14.2. The number of carbonyl (C=O) groups excluding carboxylic acids is 1. The minimum atomic E-state index is -0.457. The Labute approximate surface area is 148 Å². The number of hydrogen-bond acceptors (Lipinski definition) is 3. The molecular weight excluding hydrogens is 356 g/mol. The van der Waals surface area contributed by atoms with Crippen LogP contribution in [0.5, 0.6) is 0 Å². The zero-order valence-electron chi connectivity index (χ0n) is 14.8. The summed E-state index contributed by atoms with van der Waals surface area (Å²) >= 11 is 3.45. The van der Waals surface area contributed by atoms with Gasteiger partial charge in [0, 0.05) is 16.6 Å². The number of rotatable bonds is 7. The van der Waals surface area contributed by atoms with Crippen LogP contribution in [0.1, 0.15) is 46.6 Å². The SMILES string of the molecule is CC(Cc1ccc(Br)cc1)NCCC(C)NC(=O)OC(C)(C)C. The summed E-state index contributed by atoms with van der Waals surface area (Å²) in [4.78, 5) is 11.7. The van der Waals surface area contributed by atoms with Crippen LogP contribution in [-0.4, -0.2) is 30.3 Å². The molecular formula is C18H29BrN2O2. The van der Waals surface area contributed by atoms with Crippen LogP contribution in [-0.2, 0) is 11.2 Å². The van der Waals surface area contributed by atoms with Gasteiger partial charge < -0.3 is 15.4 Å². The Morgan fingerprint density at radius 3 is 2.35 bits per heavy atom. The predicted molar refractivity (Wildman–Crippen MR) is 98.8 cm³/mol. The molecule has 0 aliphatic carbocycles. The van der Waals surface area contributed by atoms with Crippen LogP contribution in [0.15, 0.2) is 28.7 Å². The van der Waals surface area contributed by atoms with Gasteiger partial charge in [-0.05, 0) is 71.7 Å². The first-order valence-corrected chi connectivity index (χ1v) is 8.92. The Bertz CT molecular complexity index is 483. The molecule has 1 aromatic carbocycles. The zero-order chi connectivity index (χ0) is 17.5. The average Bonchev–Trinajstić information content (AvgIpc) is 2.39. The van der Waals surface area contributed by atoms with E-state index in [2.05, 4.69) is 57.8 Å². The monoisotopic (exact) mass is 384 g/mol. The van der Waals surface area contributed by atoms with Crippen LogP contribution in [0.3, 0.4) is 0 Å². The number of hydrogen-bond donors (Lipinski definition) is 2. The molecule has 0 bridgehead atoms. The van der Waals surface area contributed by atoms with Gasteiger partial charge >= 0.3 is 6.09 Å². The fraction of sp³-hybridized carbons (Fsp3) is 0.611. The van der Waals surface area contributed by atoms with Gasteiger partial charge in [-0.3, -0.25) is 0 Å². The number of ether oxygens (including phenoxy) is 1. The largest absolute Gasteiger partial charge is 0.444 e. The smallest absolute Gasteiger partial charge is 0.407 e. The molecule has 0 spiro atoms. The van der Waals surface area contributed by atoms with Crippen molar-refractivity contribution in [1.29, 1.82) is 0 Å². The molecule has 0 saturated heterocycles. The van der Waals surface area contributed by atoms with E-state index in [0.29, 0.717) is 6.04 Å². The molecule has 0 saturated carbocycles. The fourth-order valence-electron chi connectivity index (χ4n) is 2.17. The molecule has 4 nitrogen and oxygen atoms in total. The van der Waals surface area contributed by atoms with E-state index in [1.54, 1.807) is 0 Å². The number of benzene rings is 1. The third-order valence-corrected chi connectivity index (χ3v) is 3.82. The third-order valence-electron chi connectivity index (χ3n) is 3.29. The second-order valence-electron chi connectivity index (χ2n) is 7.02. The molecule has 23 heavy (non-hydrogen) atoms. The first kappa shape index (κ1) is 20.0. The predicted octanol–water partition coefficient (Wildman–Crippen LogP) is 4.27. The molecule has 2 unspecified atom stereocenters. The molecule has 0 aromatic heterocycles. The van der Waals surface area contributed by atoms with Crippen molar-refractivity contribution < 1.29 is 9.53 Å². The van der Waals surface area contributed by atoms with Crippen molar-refractivity contribution >= 4 is 22.0 Å². The Morgan fingerprint density at radius 1 is 1.17 bits per heavy atom. The van der Waals surface area contributed by atoms with Crippen LogP contribution in [0, 0.1) is 0 Å². The number of amides is 1. The van der Waals surface area contributed by atoms with Crippen LogP contribution in [0.2, 0.25) is 0 Å². The van der Waals surface area contributed by atoms with Gasteiger partial charge in [-0.2, -0.15) is 0 Å². The molecule has 0 radical (unpaired) electrons. The van der Waals surface area contributed by atoms with Gasteiger partial charge in [-0.25, -0.2) is 4.79 Å². The topological polar surface area (TPSA) is 50.4 Å². The summed E-state index contributed by atoms with van der Waals surface area (Å²) in [6.45, 7) is 10.6. The molecule has 130 valence electrons. The Morgan fingerprint density at radius 2 is 1.78 bits per heavy atom. The Kier molecular flexibility index (Phi) is 8.06. The molecule has 2 atom stereocenters. The standard InChI is InChI=1S/C18H29BrN2O2/c1-13(21-17(22)23-18(3,4)5)10-11-20-14(2)12-15-6-8-16(19)9-7-15/h6-9,13-14,20H,10-12H2,1-5H3,(H,21,22). The van der Waals surface area contributed by atoms with E-state index in [-0.39, 0.29) is 12.1 Å². The van der Waals surface area contributed by atoms with E-state index in [4.69, 9.17) is 4.74 Å². The lowest BCUT2D eigenvalue weighted by Gasteiger charge is -2.22. The van der Waals surface area contributed by atoms with Gasteiger partial charge in [0.25, 0.3) is 0 Å². The van der Waals surface area contributed by atoms with E-state index in [1.807, 2.05) is 27.7 Å². The molecule has 5 heteroatoms. The maximum atomic E-state index is 11.7. The second kappa shape index (κ2) is 9.28. The summed E-state index contributed by atoms with van der Waals surface area (Å²) < 4.78 is 6.35. The summed E-state index contributed by atoms with van der Waals surface area (Å²) in [5.74, 6) is 0. The molecule has 1 rings (SSSR count). The highest BCUT2D eigenvalue weighted by Gasteiger charge is 2.17. The van der Waals surface area contributed by atoms with Crippen LogP contribution < -0.4 is 10.6 Å². The number of nitrogens with one attached hydrogen (secondary N) is 2. The van der Waals surface area contributed by atoms with Gasteiger partial charge in [-0.15, -0.1) is 0 Å². The minimum absolute atomic E-state index is 0.0808. The van der Waals surface area contributed by atoms with Gasteiger partial charge in [0.1, 0.15) is 5.60 Å². The van der Waals surface area contributed by atoms with Gasteiger partial charge in [0.2, 0.25) is 0 Å². The lowest BCUT2D eigenvalue weighted by Crippen LogP contribution is -2.40. The van der Waals surface area contributed by atoms with Crippen LogP contribution >= 0.6 is 15.9 Å². The fourth-order valence-corrected chi connectivity index (χ4v) is 2.44. The highest BCUT2D eigenvalue weighted by atomic mass is 79.9. The maximum Gasteiger partial charge on any atom is 0.407 e. The maximum absolute atomic E-state index is 11.7. The average molecular weight is 385 g/mol. The summed E-state index contributed by atoms with van der Waals surface area (Å²) in [6, 6.07) is 8.87. The van der Waals surface area contributed by atoms with Crippen LogP contribution in [0.25, 0.3) is 0 Å². The molecule has 2 N–H and O–H groups in total. The van der Waals surface area contributed by atoms with E-state index in [9.17, 15) is 4.79 Å². The summed E-state index contributed by atoms with van der Waals surface area (Å²) in [6.07, 6.45) is 1.50. The molecule has 0 aliphatic rings. The van der Waals surface area contributed by atoms with Crippen molar-refractivity contribution in [1.82, 2.24) is 10.6 Å². The molecule has 1 aromatic rings. The third kappa shape index (κ3) is 9.61. The van der Waals surface area contributed by atoms with Crippen molar-refractivity contribution in [3.05, 3.63) is 34.3 Å². The summed E-state index contributed by atoms with van der Waals surface area (Å²) in [5.41, 5.74) is 0.856. The van der Waals surface area contributed by atoms with Crippen molar-refractivity contribution in [3.8, 4) is 0 Å². The van der Waals surface area contributed by atoms with Crippen LogP contribution in [0.4, 0.5) is 4.79 Å². The first-order valence-electron chi connectivity index (χ1n) is 8.13. The lowest BCUT2D eigenvalue weighted by molar-refractivity contribution is 0.0506. The van der Waals surface area contributed by atoms with Crippen molar-refractivity contribution in [2.24, 2.45) is 0 Å². The van der Waals surface area contributed by atoms with Gasteiger partial charge in [0.05, 0.1) is 0 Å². The second-order valence-corrected chi connectivity index (χ2v) is 7.94. The summed E-state index contributed by atoms with van der Waals surface area (Å²) in [7, 11) is 0. The summed E-state index contributed by atoms with van der Waals surface area (Å²) in [5, 5.41) is 6.35. The highest BCUT2D eigenvalue weighted by molar-refractivity contribution is 9.10. The van der Waals surface area contributed by atoms with Crippen molar-refractivity contribution in [2.45, 2.75) is 65.1 Å². The molecule has 0 heterocycles. The zero-order valence-corrected chi connectivity index (χ0v) is 16.4. The molecule has 0 aliphatic heterocycles. The quantitative estimate of drug-likeness (QED) is 0.737. The van der Waals surface area contributed by atoms with Gasteiger partial charge in [0.15, 0.2) is 0 Å². The number of carbonyl (C=O) groups is 1. The van der Waals surface area contributed by atoms with E-state index in [0.717, 1.165) is 23.9 Å². The number of halogens is 1. The number of alkyl carbamates (subject to hydrolysis) is 1. The van der Waals surface area contributed by atoms with E-state index < -0.39 is 5.60 Å². The highest BCUT2D eigenvalue weighted by Crippen LogP contribution is 2.12. The molecule has 1 amide bonds. The van der Waals surface area contributed by atoms with E-state index >= 15 is 0 Å². The van der Waals surface area contributed by atoms with Crippen molar-refractivity contribution in [3.63, 3.8) is 0 Å².